The molecule has 0 saturated heterocycles. The van der Waals surface area contributed by atoms with Crippen molar-refractivity contribution in [2.75, 3.05) is 4.31 Å². The van der Waals surface area contributed by atoms with Gasteiger partial charge in [-0.2, -0.15) is 0 Å². The summed E-state index contributed by atoms with van der Waals surface area (Å²) in [5, 5.41) is 0.873. The van der Waals surface area contributed by atoms with Gasteiger partial charge in [-0.05, 0) is 77.5 Å². The molecular weight excluding hydrogens is 568 g/mol. The van der Waals surface area contributed by atoms with E-state index in [1.54, 1.807) is 49.4 Å². The van der Waals surface area contributed by atoms with E-state index in [1.807, 2.05) is 18.2 Å². The van der Waals surface area contributed by atoms with Crippen LogP contribution >= 0.6 is 45.8 Å². The monoisotopic (exact) mass is 583 g/mol. The maximum absolute atomic E-state index is 14.0. The summed E-state index contributed by atoms with van der Waals surface area (Å²) < 4.78 is 30.3. The van der Waals surface area contributed by atoms with Gasteiger partial charge in [0.25, 0.3) is 10.0 Å². The summed E-state index contributed by atoms with van der Waals surface area (Å²) >= 11 is 14.7. The van der Waals surface area contributed by atoms with Crippen LogP contribution in [0.5, 0.6) is 0 Å². The minimum absolute atomic E-state index is 0.0777. The minimum Gasteiger partial charge on any atom is -0.259 e. The van der Waals surface area contributed by atoms with E-state index >= 15 is 0 Å². The molecule has 0 aliphatic carbocycles. The second kappa shape index (κ2) is 8.90. The van der Waals surface area contributed by atoms with Crippen LogP contribution in [-0.2, 0) is 10.0 Å². The molecule has 1 atom stereocenters. The number of para-hydroxylation sites is 1. The van der Waals surface area contributed by atoms with Crippen LogP contribution in [0.1, 0.15) is 18.5 Å². The maximum Gasteiger partial charge on any atom is 0.267 e. The van der Waals surface area contributed by atoms with Gasteiger partial charge in [0.05, 0.1) is 17.2 Å². The summed E-state index contributed by atoms with van der Waals surface area (Å²) in [4.78, 5) is 8.61. The number of anilines is 1. The Hall–Kier alpha value is -1.94. The van der Waals surface area contributed by atoms with Gasteiger partial charge in [-0.15, -0.1) is 0 Å². The third-order valence-electron chi connectivity index (χ3n) is 4.83. The Labute approximate surface area is 204 Å². The Morgan fingerprint density at radius 1 is 0.968 bits per heavy atom. The molecule has 0 spiro atoms. The van der Waals surface area contributed by atoms with Crippen LogP contribution in [0.2, 0.25) is 10.0 Å². The summed E-state index contributed by atoms with van der Waals surface area (Å²) in [6.45, 7) is 1.79. The summed E-state index contributed by atoms with van der Waals surface area (Å²) in [6.07, 6.45) is 3.02. The molecule has 31 heavy (non-hydrogen) atoms. The van der Waals surface area contributed by atoms with Crippen LogP contribution in [0.25, 0.3) is 11.0 Å². The van der Waals surface area contributed by atoms with Gasteiger partial charge in [0.1, 0.15) is 10.4 Å². The van der Waals surface area contributed by atoms with Crippen molar-refractivity contribution >= 4 is 72.5 Å². The van der Waals surface area contributed by atoms with Crippen molar-refractivity contribution < 1.29 is 8.42 Å². The molecule has 4 aromatic rings. The van der Waals surface area contributed by atoms with Gasteiger partial charge in [0, 0.05) is 26.0 Å². The number of hydrogen-bond donors (Lipinski definition) is 0. The molecule has 0 saturated carbocycles. The van der Waals surface area contributed by atoms with E-state index in [2.05, 4.69) is 32.6 Å². The molecule has 0 radical (unpaired) electrons. The van der Waals surface area contributed by atoms with Crippen LogP contribution < -0.4 is 4.31 Å². The molecule has 0 aliphatic heterocycles. The largest absolute Gasteiger partial charge is 0.267 e. The number of nitrogens with zero attached hydrogens (tertiary/aromatic N) is 3. The fourth-order valence-corrected chi connectivity index (χ4v) is 6.31. The molecule has 5 nitrogen and oxygen atoms in total. The quantitative estimate of drug-likeness (QED) is 0.252. The standard InChI is InChI=1S/C22H16Cl2IN3O2S/c1-14(18-9-8-15(23)12-19(18)24)28(17-5-2-4-16(25)13-17)31(29,30)21-7-3-6-20-22(21)27-11-10-26-20/h2-14H,1H3/t14-/m0/s1. The lowest BCUT2D eigenvalue weighted by molar-refractivity contribution is 0.583. The topological polar surface area (TPSA) is 63.2 Å². The second-order valence-electron chi connectivity index (χ2n) is 6.80. The van der Waals surface area contributed by atoms with Gasteiger partial charge in [-0.1, -0.05) is 41.4 Å². The van der Waals surface area contributed by atoms with Gasteiger partial charge in [-0.3, -0.25) is 14.3 Å². The fourth-order valence-electron chi connectivity index (χ4n) is 3.43. The Morgan fingerprint density at radius 3 is 2.45 bits per heavy atom. The molecule has 1 aromatic heterocycles. The molecule has 0 N–H and O–H groups in total. The molecule has 1 heterocycles. The highest BCUT2D eigenvalue weighted by atomic mass is 127. The fraction of sp³-hybridized carbons (Fsp3) is 0.0909. The van der Waals surface area contributed by atoms with Gasteiger partial charge < -0.3 is 0 Å². The van der Waals surface area contributed by atoms with Crippen LogP contribution in [-0.4, -0.2) is 18.4 Å². The Balaban J connectivity index is 1.96. The van der Waals surface area contributed by atoms with Crippen molar-refractivity contribution in [3.63, 3.8) is 0 Å². The van der Waals surface area contributed by atoms with E-state index in [9.17, 15) is 8.42 Å². The van der Waals surface area contributed by atoms with Gasteiger partial charge in [-0.25, -0.2) is 8.42 Å². The predicted octanol–water partition coefficient (Wildman–Crippen LogP) is 6.50. The highest BCUT2D eigenvalue weighted by Gasteiger charge is 2.33. The van der Waals surface area contributed by atoms with E-state index < -0.39 is 16.1 Å². The zero-order valence-corrected chi connectivity index (χ0v) is 20.7. The second-order valence-corrected chi connectivity index (χ2v) is 10.7. The molecule has 0 fully saturated rings. The average molecular weight is 584 g/mol. The molecule has 0 bridgehead atoms. The van der Waals surface area contributed by atoms with Crippen molar-refractivity contribution in [2.24, 2.45) is 0 Å². The van der Waals surface area contributed by atoms with Crippen molar-refractivity contribution in [3.05, 3.63) is 92.2 Å². The normalized spacial score (nSPS) is 12.6. The summed E-state index contributed by atoms with van der Waals surface area (Å²) in [5.41, 5.74) is 1.98. The molecule has 4 rings (SSSR count). The molecule has 0 amide bonds. The summed E-state index contributed by atoms with van der Waals surface area (Å²) in [5.74, 6) is 0. The van der Waals surface area contributed by atoms with E-state index in [1.165, 1.54) is 16.7 Å². The van der Waals surface area contributed by atoms with E-state index in [0.29, 0.717) is 32.3 Å². The molecule has 3 aromatic carbocycles. The Morgan fingerprint density at radius 2 is 1.71 bits per heavy atom. The number of sulfonamides is 1. The van der Waals surface area contributed by atoms with Crippen molar-refractivity contribution in [3.8, 4) is 0 Å². The molecule has 9 heteroatoms. The SMILES string of the molecule is C[C@@H](c1ccc(Cl)cc1Cl)N(c1cccc(I)c1)S(=O)(=O)c1cccc2nccnc12. The van der Waals surface area contributed by atoms with E-state index in [4.69, 9.17) is 23.2 Å². The van der Waals surface area contributed by atoms with Crippen LogP contribution in [0.4, 0.5) is 5.69 Å². The first-order chi connectivity index (χ1) is 14.8. The first-order valence-corrected chi connectivity index (χ1v) is 12.5. The van der Waals surface area contributed by atoms with E-state index in [-0.39, 0.29) is 4.90 Å². The predicted molar refractivity (Wildman–Crippen MR) is 133 cm³/mol. The highest BCUT2D eigenvalue weighted by Crippen LogP contribution is 2.38. The van der Waals surface area contributed by atoms with Crippen molar-refractivity contribution in [1.82, 2.24) is 9.97 Å². The molecule has 0 aliphatic rings. The number of aromatic nitrogens is 2. The third kappa shape index (κ3) is 4.37. The van der Waals surface area contributed by atoms with Crippen LogP contribution in [0, 0.1) is 3.57 Å². The van der Waals surface area contributed by atoms with Crippen LogP contribution in [0.3, 0.4) is 0 Å². The van der Waals surface area contributed by atoms with Crippen molar-refractivity contribution in [2.45, 2.75) is 17.9 Å². The smallest absolute Gasteiger partial charge is 0.259 e. The van der Waals surface area contributed by atoms with Gasteiger partial charge in [0.2, 0.25) is 0 Å². The summed E-state index contributed by atoms with van der Waals surface area (Å²) in [6, 6.07) is 16.7. The lowest BCUT2D eigenvalue weighted by Crippen LogP contribution is -2.34. The zero-order chi connectivity index (χ0) is 22.2. The highest BCUT2D eigenvalue weighted by molar-refractivity contribution is 14.1. The zero-order valence-electron chi connectivity index (χ0n) is 16.2. The Kier molecular flexibility index (Phi) is 6.39. The number of halogens is 3. The van der Waals surface area contributed by atoms with Gasteiger partial charge >= 0.3 is 0 Å². The van der Waals surface area contributed by atoms with Crippen molar-refractivity contribution in [1.29, 1.82) is 0 Å². The first-order valence-electron chi connectivity index (χ1n) is 9.24. The minimum atomic E-state index is -4.04. The number of hydrogen-bond acceptors (Lipinski definition) is 4. The molecular formula is C22H16Cl2IN3O2S. The van der Waals surface area contributed by atoms with E-state index in [0.717, 1.165) is 3.57 Å². The number of rotatable bonds is 5. The summed E-state index contributed by atoms with van der Waals surface area (Å²) in [7, 11) is -4.04. The lowest BCUT2D eigenvalue weighted by atomic mass is 10.1. The number of fused-ring (bicyclic) bond motifs is 1. The molecule has 0 unspecified atom stereocenters. The molecule has 158 valence electrons. The van der Waals surface area contributed by atoms with Gasteiger partial charge in [0.15, 0.2) is 0 Å². The lowest BCUT2D eigenvalue weighted by Gasteiger charge is -2.31. The maximum atomic E-state index is 14.0. The van der Waals surface area contributed by atoms with Crippen LogP contribution in [0.15, 0.2) is 78.0 Å². The number of benzene rings is 3. The third-order valence-corrected chi connectivity index (χ3v) is 7.99. The first kappa shape index (κ1) is 22.3. The Bertz CT molecular complexity index is 1380. The average Bonchev–Trinajstić information content (AvgIpc) is 2.73.